The average Bonchev–Trinajstić information content (AvgIpc) is 2.83. The van der Waals surface area contributed by atoms with E-state index in [4.69, 9.17) is 9.47 Å². The summed E-state index contributed by atoms with van der Waals surface area (Å²) in [4.78, 5) is 16.1. The van der Waals surface area contributed by atoms with Gasteiger partial charge in [0.2, 0.25) is 0 Å². The second-order valence-corrected chi connectivity index (χ2v) is 6.87. The van der Waals surface area contributed by atoms with Crippen LogP contribution in [0.1, 0.15) is 40.5 Å². The Hall–Kier alpha value is -0.810. The standard InChI is InChI=1S/C16H32N2O3/c1-6-20-12-11-17(5)9-7-14-8-10-18(13-14)15(19)21-16(2,3)4/h14H,6-13H2,1-5H3/t14-/m1/s1. The van der Waals surface area contributed by atoms with Gasteiger partial charge < -0.3 is 19.3 Å². The van der Waals surface area contributed by atoms with Crippen LogP contribution in [0.15, 0.2) is 0 Å². The zero-order valence-electron chi connectivity index (χ0n) is 14.4. The second kappa shape index (κ2) is 8.59. The number of rotatable bonds is 7. The third-order valence-electron chi connectivity index (χ3n) is 3.68. The van der Waals surface area contributed by atoms with Crippen LogP contribution in [0.5, 0.6) is 0 Å². The first kappa shape index (κ1) is 18.2. The van der Waals surface area contributed by atoms with Gasteiger partial charge in [-0.2, -0.15) is 0 Å². The first-order valence-corrected chi connectivity index (χ1v) is 8.06. The van der Waals surface area contributed by atoms with Gasteiger partial charge in [0.25, 0.3) is 0 Å². The Morgan fingerprint density at radius 3 is 2.67 bits per heavy atom. The number of likely N-dealkylation sites (tertiary alicyclic amines) is 1. The van der Waals surface area contributed by atoms with Crippen LogP contribution in [0.2, 0.25) is 0 Å². The number of carbonyl (C=O) groups excluding carboxylic acids is 1. The van der Waals surface area contributed by atoms with Gasteiger partial charge in [0.05, 0.1) is 6.61 Å². The topological polar surface area (TPSA) is 42.0 Å². The van der Waals surface area contributed by atoms with E-state index in [-0.39, 0.29) is 6.09 Å². The van der Waals surface area contributed by atoms with Gasteiger partial charge in [-0.15, -0.1) is 0 Å². The van der Waals surface area contributed by atoms with E-state index >= 15 is 0 Å². The molecular weight excluding hydrogens is 268 g/mol. The number of ether oxygens (including phenoxy) is 2. The summed E-state index contributed by atoms with van der Waals surface area (Å²) in [5.41, 5.74) is -0.408. The van der Waals surface area contributed by atoms with Gasteiger partial charge in [0.15, 0.2) is 0 Å². The monoisotopic (exact) mass is 300 g/mol. The van der Waals surface area contributed by atoms with Crippen molar-refractivity contribution in [2.45, 2.75) is 46.1 Å². The molecule has 0 bridgehead atoms. The summed E-state index contributed by atoms with van der Waals surface area (Å²) in [6.45, 7) is 13.0. The van der Waals surface area contributed by atoms with Crippen molar-refractivity contribution in [2.75, 3.05) is 46.4 Å². The molecule has 1 rings (SSSR count). The van der Waals surface area contributed by atoms with Crippen LogP contribution in [0.3, 0.4) is 0 Å². The smallest absolute Gasteiger partial charge is 0.410 e. The average molecular weight is 300 g/mol. The molecule has 1 heterocycles. The highest BCUT2D eigenvalue weighted by atomic mass is 16.6. The van der Waals surface area contributed by atoms with Crippen molar-refractivity contribution in [1.29, 1.82) is 0 Å². The molecule has 1 saturated heterocycles. The Morgan fingerprint density at radius 1 is 1.33 bits per heavy atom. The van der Waals surface area contributed by atoms with Crippen LogP contribution in [0.4, 0.5) is 4.79 Å². The van der Waals surface area contributed by atoms with Crippen molar-refractivity contribution >= 4 is 6.09 Å². The molecule has 5 heteroatoms. The highest BCUT2D eigenvalue weighted by Crippen LogP contribution is 2.22. The van der Waals surface area contributed by atoms with Gasteiger partial charge in [0, 0.05) is 26.2 Å². The van der Waals surface area contributed by atoms with E-state index in [9.17, 15) is 4.79 Å². The van der Waals surface area contributed by atoms with Crippen molar-refractivity contribution < 1.29 is 14.3 Å². The fourth-order valence-corrected chi connectivity index (χ4v) is 2.44. The normalized spacial score (nSPS) is 19.3. The predicted octanol–water partition coefficient (Wildman–Crippen LogP) is 2.60. The van der Waals surface area contributed by atoms with Crippen molar-refractivity contribution in [3.63, 3.8) is 0 Å². The molecule has 0 spiro atoms. The largest absolute Gasteiger partial charge is 0.444 e. The molecule has 1 atom stereocenters. The zero-order chi connectivity index (χ0) is 15.9. The third kappa shape index (κ3) is 7.67. The fourth-order valence-electron chi connectivity index (χ4n) is 2.44. The van der Waals surface area contributed by atoms with Gasteiger partial charge >= 0.3 is 6.09 Å². The maximum atomic E-state index is 12.0. The van der Waals surface area contributed by atoms with E-state index in [1.807, 2.05) is 32.6 Å². The van der Waals surface area contributed by atoms with Crippen molar-refractivity contribution in [3.05, 3.63) is 0 Å². The van der Waals surface area contributed by atoms with E-state index in [1.54, 1.807) is 0 Å². The summed E-state index contributed by atoms with van der Waals surface area (Å²) < 4.78 is 10.8. The van der Waals surface area contributed by atoms with E-state index in [0.29, 0.717) is 5.92 Å². The highest BCUT2D eigenvalue weighted by molar-refractivity contribution is 5.68. The van der Waals surface area contributed by atoms with E-state index < -0.39 is 5.60 Å². The Morgan fingerprint density at radius 2 is 2.05 bits per heavy atom. The van der Waals surface area contributed by atoms with Crippen LogP contribution >= 0.6 is 0 Å². The molecule has 0 aliphatic carbocycles. The van der Waals surface area contributed by atoms with Crippen LogP contribution in [0.25, 0.3) is 0 Å². The summed E-state index contributed by atoms with van der Waals surface area (Å²) >= 11 is 0. The molecule has 1 amide bonds. The van der Waals surface area contributed by atoms with Crippen molar-refractivity contribution in [2.24, 2.45) is 5.92 Å². The van der Waals surface area contributed by atoms with Crippen molar-refractivity contribution in [3.8, 4) is 0 Å². The lowest BCUT2D eigenvalue weighted by Gasteiger charge is -2.24. The van der Waals surface area contributed by atoms with Gasteiger partial charge in [-0.3, -0.25) is 0 Å². The third-order valence-corrected chi connectivity index (χ3v) is 3.68. The minimum Gasteiger partial charge on any atom is -0.444 e. The van der Waals surface area contributed by atoms with Gasteiger partial charge in [-0.1, -0.05) is 0 Å². The summed E-state index contributed by atoms with van der Waals surface area (Å²) in [6.07, 6.45) is 2.04. The number of hydrogen-bond donors (Lipinski definition) is 0. The first-order chi connectivity index (χ1) is 9.81. The Bertz CT molecular complexity index is 315. The maximum absolute atomic E-state index is 12.0. The van der Waals surface area contributed by atoms with Crippen LogP contribution < -0.4 is 0 Å². The minimum atomic E-state index is -0.408. The summed E-state index contributed by atoms with van der Waals surface area (Å²) in [5, 5.41) is 0. The molecule has 0 radical (unpaired) electrons. The SMILES string of the molecule is CCOCCN(C)CC[C@@H]1CCN(C(=O)OC(C)(C)C)C1. The minimum absolute atomic E-state index is 0.172. The Balaban J connectivity index is 2.21. The fraction of sp³-hybridized carbons (Fsp3) is 0.938. The Kier molecular flexibility index (Phi) is 7.46. The lowest BCUT2D eigenvalue weighted by molar-refractivity contribution is 0.0287. The van der Waals surface area contributed by atoms with Gasteiger partial charge in [0.1, 0.15) is 5.60 Å². The lowest BCUT2D eigenvalue weighted by atomic mass is 10.1. The molecular formula is C16H32N2O3. The molecule has 1 aliphatic rings. The Labute approximate surface area is 129 Å². The molecule has 124 valence electrons. The molecule has 0 aromatic heterocycles. The molecule has 1 fully saturated rings. The molecule has 21 heavy (non-hydrogen) atoms. The van der Waals surface area contributed by atoms with Crippen LogP contribution in [0, 0.1) is 5.92 Å². The van der Waals surface area contributed by atoms with Gasteiger partial charge in [-0.25, -0.2) is 4.79 Å². The first-order valence-electron chi connectivity index (χ1n) is 8.06. The number of amides is 1. The van der Waals surface area contributed by atoms with E-state index in [2.05, 4.69) is 11.9 Å². The summed E-state index contributed by atoms with van der Waals surface area (Å²) in [5.74, 6) is 0.590. The lowest BCUT2D eigenvalue weighted by Crippen LogP contribution is -2.35. The second-order valence-electron chi connectivity index (χ2n) is 6.87. The van der Waals surface area contributed by atoms with Crippen molar-refractivity contribution in [1.82, 2.24) is 9.80 Å². The molecule has 0 aromatic rings. The molecule has 0 saturated carbocycles. The van der Waals surface area contributed by atoms with Gasteiger partial charge in [-0.05, 0) is 60.0 Å². The highest BCUT2D eigenvalue weighted by Gasteiger charge is 2.29. The van der Waals surface area contributed by atoms with E-state index in [0.717, 1.165) is 52.2 Å². The molecule has 0 N–H and O–H groups in total. The number of hydrogen-bond acceptors (Lipinski definition) is 4. The quantitative estimate of drug-likeness (QED) is 0.678. The molecule has 5 nitrogen and oxygen atoms in total. The number of carbonyl (C=O) groups is 1. The molecule has 0 aromatic carbocycles. The van der Waals surface area contributed by atoms with E-state index in [1.165, 1.54) is 0 Å². The number of nitrogens with zero attached hydrogens (tertiary/aromatic N) is 2. The zero-order valence-corrected chi connectivity index (χ0v) is 14.4. The molecule has 1 aliphatic heterocycles. The maximum Gasteiger partial charge on any atom is 0.410 e. The summed E-state index contributed by atoms with van der Waals surface area (Å²) in [6, 6.07) is 0. The van der Waals surface area contributed by atoms with Crippen LogP contribution in [-0.4, -0.2) is 67.9 Å². The summed E-state index contributed by atoms with van der Waals surface area (Å²) in [7, 11) is 2.12. The van der Waals surface area contributed by atoms with Crippen LogP contribution in [-0.2, 0) is 9.47 Å². The predicted molar refractivity (Wildman–Crippen MR) is 84.5 cm³/mol. The molecule has 0 unspecified atom stereocenters. The number of likely N-dealkylation sites (N-methyl/N-ethyl adjacent to an activating group) is 1.